The fraction of sp³-hybridized carbons (Fsp3) is 0.529. The van der Waals surface area contributed by atoms with Gasteiger partial charge in [0, 0.05) is 17.8 Å². The molecule has 2 aliphatic heterocycles. The van der Waals surface area contributed by atoms with Crippen LogP contribution in [0.2, 0.25) is 0 Å². The van der Waals surface area contributed by atoms with Gasteiger partial charge in [0.15, 0.2) is 0 Å². The van der Waals surface area contributed by atoms with E-state index in [1.54, 1.807) is 0 Å². The van der Waals surface area contributed by atoms with E-state index >= 15 is 0 Å². The predicted molar refractivity (Wildman–Crippen MR) is 87.3 cm³/mol. The SMILES string of the molecule is Nc1nc(C2CCN(C3COCC3F)CC2F)c2ccccc2n1. The van der Waals surface area contributed by atoms with Crippen molar-refractivity contribution in [2.45, 2.75) is 30.7 Å². The summed E-state index contributed by atoms with van der Waals surface area (Å²) in [6.45, 7) is 1.26. The molecule has 4 unspecified atom stereocenters. The topological polar surface area (TPSA) is 64.3 Å². The van der Waals surface area contributed by atoms with E-state index in [1.807, 2.05) is 29.2 Å². The van der Waals surface area contributed by atoms with Crippen molar-refractivity contribution in [2.24, 2.45) is 0 Å². The van der Waals surface area contributed by atoms with Crippen LogP contribution in [0, 0.1) is 0 Å². The summed E-state index contributed by atoms with van der Waals surface area (Å²) in [7, 11) is 0. The molecule has 2 N–H and O–H groups in total. The van der Waals surface area contributed by atoms with Gasteiger partial charge in [-0.3, -0.25) is 4.90 Å². The third kappa shape index (κ3) is 2.71. The van der Waals surface area contributed by atoms with Crippen LogP contribution in [0.25, 0.3) is 10.9 Å². The van der Waals surface area contributed by atoms with Crippen LogP contribution in [0.15, 0.2) is 24.3 Å². The highest BCUT2D eigenvalue weighted by molar-refractivity contribution is 5.82. The standard InChI is InChI=1S/C17H20F2N4O/c18-12-7-23(15-9-24-8-13(15)19)6-5-10(12)16-11-3-1-2-4-14(11)21-17(20)22-16/h1-4,10,12-13,15H,5-9H2,(H2,20,21,22). The highest BCUT2D eigenvalue weighted by Crippen LogP contribution is 2.35. The number of alkyl halides is 2. The van der Waals surface area contributed by atoms with Crippen molar-refractivity contribution in [1.82, 2.24) is 14.9 Å². The third-order valence-electron chi connectivity index (χ3n) is 5.03. The van der Waals surface area contributed by atoms with E-state index in [0.717, 1.165) is 10.9 Å². The number of likely N-dealkylation sites (tertiary alicyclic amines) is 1. The molecule has 24 heavy (non-hydrogen) atoms. The molecule has 0 aliphatic carbocycles. The van der Waals surface area contributed by atoms with Crippen LogP contribution >= 0.6 is 0 Å². The van der Waals surface area contributed by atoms with Crippen LogP contribution < -0.4 is 5.73 Å². The molecule has 1 aromatic carbocycles. The molecule has 128 valence electrons. The van der Waals surface area contributed by atoms with Gasteiger partial charge in [0.1, 0.15) is 12.3 Å². The zero-order valence-electron chi connectivity index (χ0n) is 13.2. The second-order valence-electron chi connectivity index (χ2n) is 6.51. The van der Waals surface area contributed by atoms with E-state index in [0.29, 0.717) is 25.3 Å². The zero-order valence-corrected chi connectivity index (χ0v) is 13.2. The van der Waals surface area contributed by atoms with E-state index in [4.69, 9.17) is 10.5 Å². The molecule has 7 heteroatoms. The lowest BCUT2D eigenvalue weighted by atomic mass is 9.88. The van der Waals surface area contributed by atoms with Gasteiger partial charge >= 0.3 is 0 Å². The number of piperidine rings is 1. The van der Waals surface area contributed by atoms with Crippen molar-refractivity contribution in [2.75, 3.05) is 32.0 Å². The van der Waals surface area contributed by atoms with Crippen molar-refractivity contribution in [3.63, 3.8) is 0 Å². The molecule has 2 saturated heterocycles. The molecule has 2 fully saturated rings. The minimum absolute atomic E-state index is 0.106. The van der Waals surface area contributed by atoms with Crippen molar-refractivity contribution in [3.8, 4) is 0 Å². The monoisotopic (exact) mass is 334 g/mol. The van der Waals surface area contributed by atoms with Gasteiger partial charge in [-0.25, -0.2) is 18.7 Å². The van der Waals surface area contributed by atoms with Crippen molar-refractivity contribution >= 4 is 16.9 Å². The van der Waals surface area contributed by atoms with Crippen LogP contribution in [0.1, 0.15) is 18.0 Å². The molecule has 2 aromatic rings. The second kappa shape index (κ2) is 6.22. The summed E-state index contributed by atoms with van der Waals surface area (Å²) in [6.07, 6.45) is -1.58. The summed E-state index contributed by atoms with van der Waals surface area (Å²) < 4.78 is 33.9. The van der Waals surface area contributed by atoms with Crippen molar-refractivity contribution in [1.29, 1.82) is 0 Å². The number of nitrogen functional groups attached to an aromatic ring is 1. The minimum Gasteiger partial charge on any atom is -0.377 e. The molecule has 4 atom stereocenters. The fourth-order valence-corrected chi connectivity index (χ4v) is 3.79. The number of hydrogen-bond donors (Lipinski definition) is 1. The molecule has 0 spiro atoms. The maximum atomic E-state index is 14.9. The fourth-order valence-electron chi connectivity index (χ4n) is 3.79. The van der Waals surface area contributed by atoms with E-state index in [9.17, 15) is 8.78 Å². The highest BCUT2D eigenvalue weighted by atomic mass is 19.1. The van der Waals surface area contributed by atoms with Crippen molar-refractivity contribution in [3.05, 3.63) is 30.0 Å². The molecular weight excluding hydrogens is 314 g/mol. The molecule has 3 heterocycles. The molecule has 4 rings (SSSR count). The summed E-state index contributed by atoms with van der Waals surface area (Å²) >= 11 is 0. The van der Waals surface area contributed by atoms with E-state index in [2.05, 4.69) is 9.97 Å². The first-order chi connectivity index (χ1) is 11.6. The van der Waals surface area contributed by atoms with Gasteiger partial charge in [0.25, 0.3) is 0 Å². The van der Waals surface area contributed by atoms with Gasteiger partial charge in [-0.1, -0.05) is 18.2 Å². The number of rotatable bonds is 2. The number of halogens is 2. The number of fused-ring (bicyclic) bond motifs is 1. The number of aromatic nitrogens is 2. The van der Waals surface area contributed by atoms with Gasteiger partial charge in [-0.05, 0) is 19.0 Å². The first kappa shape index (κ1) is 15.7. The Kier molecular flexibility index (Phi) is 4.05. The lowest BCUT2D eigenvalue weighted by molar-refractivity contribution is 0.0577. The number of benzene rings is 1. The summed E-state index contributed by atoms with van der Waals surface area (Å²) in [5.41, 5.74) is 7.18. The lowest BCUT2D eigenvalue weighted by Gasteiger charge is -2.38. The smallest absolute Gasteiger partial charge is 0.220 e. The average molecular weight is 334 g/mol. The number of nitrogens with two attached hydrogens (primary N) is 1. The average Bonchev–Trinajstić information content (AvgIpc) is 3.00. The third-order valence-corrected chi connectivity index (χ3v) is 5.03. The summed E-state index contributed by atoms with van der Waals surface area (Å²) in [5, 5.41) is 0.834. The highest BCUT2D eigenvalue weighted by Gasteiger charge is 2.40. The Bertz CT molecular complexity index is 744. The molecular formula is C17H20F2N4O. The Morgan fingerprint density at radius 1 is 1.12 bits per heavy atom. The molecule has 0 bridgehead atoms. The summed E-state index contributed by atoms with van der Waals surface area (Å²) in [5.74, 6) is -0.192. The van der Waals surface area contributed by atoms with Crippen LogP contribution in [0.5, 0.6) is 0 Å². The number of nitrogens with zero attached hydrogens (tertiary/aromatic N) is 3. The summed E-state index contributed by atoms with van der Waals surface area (Å²) in [4.78, 5) is 10.4. The normalized spacial score (nSPS) is 31.6. The van der Waals surface area contributed by atoms with Crippen LogP contribution in [0.3, 0.4) is 0 Å². The quantitative estimate of drug-likeness (QED) is 0.911. The largest absolute Gasteiger partial charge is 0.377 e. The number of anilines is 1. The van der Waals surface area contributed by atoms with Gasteiger partial charge in [-0.15, -0.1) is 0 Å². The Labute approximate surface area is 138 Å². The van der Waals surface area contributed by atoms with E-state index < -0.39 is 12.3 Å². The zero-order chi connectivity index (χ0) is 16.7. The molecule has 5 nitrogen and oxygen atoms in total. The molecule has 2 aliphatic rings. The lowest BCUT2D eigenvalue weighted by Crippen LogP contribution is -2.49. The van der Waals surface area contributed by atoms with Gasteiger partial charge in [0.2, 0.25) is 5.95 Å². The number of para-hydroxylation sites is 1. The number of hydrogen-bond acceptors (Lipinski definition) is 5. The van der Waals surface area contributed by atoms with Gasteiger partial charge < -0.3 is 10.5 Å². The van der Waals surface area contributed by atoms with Crippen LogP contribution in [-0.4, -0.2) is 59.6 Å². The maximum absolute atomic E-state index is 14.9. The van der Waals surface area contributed by atoms with Crippen LogP contribution in [0.4, 0.5) is 14.7 Å². The number of ether oxygens (including phenoxy) is 1. The van der Waals surface area contributed by atoms with Gasteiger partial charge in [-0.2, -0.15) is 0 Å². The van der Waals surface area contributed by atoms with Gasteiger partial charge in [0.05, 0.1) is 30.5 Å². The molecule has 1 aromatic heterocycles. The second-order valence-corrected chi connectivity index (χ2v) is 6.51. The summed E-state index contributed by atoms with van der Waals surface area (Å²) in [6, 6.07) is 7.16. The molecule has 0 radical (unpaired) electrons. The Morgan fingerprint density at radius 2 is 1.96 bits per heavy atom. The predicted octanol–water partition coefficient (Wildman–Crippen LogP) is 2.08. The Hall–Kier alpha value is -1.86. The van der Waals surface area contributed by atoms with Crippen LogP contribution in [-0.2, 0) is 4.74 Å². The van der Waals surface area contributed by atoms with E-state index in [1.165, 1.54) is 0 Å². The first-order valence-corrected chi connectivity index (χ1v) is 8.25. The van der Waals surface area contributed by atoms with E-state index in [-0.39, 0.29) is 31.1 Å². The first-order valence-electron chi connectivity index (χ1n) is 8.25. The Balaban J connectivity index is 1.60. The molecule has 0 amide bonds. The van der Waals surface area contributed by atoms with Crippen molar-refractivity contribution < 1.29 is 13.5 Å². The Morgan fingerprint density at radius 3 is 2.71 bits per heavy atom. The molecule has 0 saturated carbocycles. The maximum Gasteiger partial charge on any atom is 0.220 e. The minimum atomic E-state index is -1.12.